The van der Waals surface area contributed by atoms with E-state index in [1.807, 2.05) is 19.9 Å². The van der Waals surface area contributed by atoms with Crippen LogP contribution < -0.4 is 5.73 Å². The molecule has 0 amide bonds. The van der Waals surface area contributed by atoms with Gasteiger partial charge < -0.3 is 5.73 Å². The molecular weight excluding hydrogens is 164 g/mol. The number of anilines is 1. The molecule has 0 fully saturated rings. The monoisotopic (exact) mass is 176 g/mol. The predicted molar refractivity (Wildman–Crippen MR) is 50.0 cm³/mol. The van der Waals surface area contributed by atoms with Gasteiger partial charge in [-0.15, -0.1) is 0 Å². The number of nitrogen functional groups attached to an aromatic ring is 1. The van der Waals surface area contributed by atoms with Crippen LogP contribution in [0, 0.1) is 18.3 Å². The first-order valence-electron chi connectivity index (χ1n) is 4.10. The number of hydrogen-bond donors (Lipinski definition) is 1. The van der Waals surface area contributed by atoms with Gasteiger partial charge in [0.25, 0.3) is 0 Å². The van der Waals surface area contributed by atoms with Gasteiger partial charge in [0.15, 0.2) is 0 Å². The third-order valence-electron chi connectivity index (χ3n) is 1.76. The van der Waals surface area contributed by atoms with Gasteiger partial charge in [-0.2, -0.15) is 5.26 Å². The smallest absolute Gasteiger partial charge is 0.145 e. The molecule has 0 saturated carbocycles. The van der Waals surface area contributed by atoms with Gasteiger partial charge in [-0.25, -0.2) is 9.97 Å². The summed E-state index contributed by atoms with van der Waals surface area (Å²) in [4.78, 5) is 8.24. The zero-order valence-electron chi connectivity index (χ0n) is 8.00. The summed E-state index contributed by atoms with van der Waals surface area (Å²) in [5, 5.41) is 8.72. The Morgan fingerprint density at radius 2 is 2.00 bits per heavy atom. The molecule has 0 unspecified atom stereocenters. The molecule has 1 heterocycles. The Morgan fingerprint density at radius 3 is 2.38 bits per heavy atom. The quantitative estimate of drug-likeness (QED) is 0.701. The Labute approximate surface area is 77.4 Å². The molecule has 0 aliphatic heterocycles. The topological polar surface area (TPSA) is 75.6 Å². The lowest BCUT2D eigenvalue weighted by Gasteiger charge is -2.07. The second kappa shape index (κ2) is 3.40. The number of nitriles is 1. The fraction of sp³-hybridized carbons (Fsp3) is 0.444. The van der Waals surface area contributed by atoms with E-state index in [1.165, 1.54) is 0 Å². The maximum absolute atomic E-state index is 8.72. The molecule has 0 bridgehead atoms. The standard InChI is InChI=1S/C9H12N4/c1-5(2)9-12-6(3)7(4-10)8(11)13-9/h5H,1-3H3,(H2,11,12,13). The SMILES string of the molecule is Cc1nc(C(C)C)nc(N)c1C#N. The third-order valence-corrected chi connectivity index (χ3v) is 1.76. The molecule has 1 rings (SSSR count). The van der Waals surface area contributed by atoms with Crippen LogP contribution in [0.2, 0.25) is 0 Å². The highest BCUT2D eigenvalue weighted by Gasteiger charge is 2.10. The Balaban J connectivity index is 3.30. The molecule has 0 spiro atoms. The highest BCUT2D eigenvalue weighted by atomic mass is 15.0. The molecule has 2 N–H and O–H groups in total. The van der Waals surface area contributed by atoms with E-state index in [2.05, 4.69) is 9.97 Å². The van der Waals surface area contributed by atoms with Crippen LogP contribution in [0.15, 0.2) is 0 Å². The van der Waals surface area contributed by atoms with Crippen molar-refractivity contribution in [3.05, 3.63) is 17.1 Å². The minimum absolute atomic E-state index is 0.230. The summed E-state index contributed by atoms with van der Waals surface area (Å²) in [6.45, 7) is 5.74. The van der Waals surface area contributed by atoms with E-state index < -0.39 is 0 Å². The fourth-order valence-electron chi connectivity index (χ4n) is 1.01. The first-order chi connectivity index (χ1) is 6.06. The van der Waals surface area contributed by atoms with E-state index in [9.17, 15) is 0 Å². The lowest BCUT2D eigenvalue weighted by Crippen LogP contribution is -2.06. The van der Waals surface area contributed by atoms with Gasteiger partial charge in [-0.05, 0) is 6.92 Å². The number of nitrogens with two attached hydrogens (primary N) is 1. The maximum Gasteiger partial charge on any atom is 0.145 e. The van der Waals surface area contributed by atoms with Crippen LogP contribution in [0.5, 0.6) is 0 Å². The van der Waals surface area contributed by atoms with Gasteiger partial charge in [-0.1, -0.05) is 13.8 Å². The largest absolute Gasteiger partial charge is 0.382 e. The molecular formula is C9H12N4. The van der Waals surface area contributed by atoms with Crippen molar-refractivity contribution in [1.82, 2.24) is 9.97 Å². The average Bonchev–Trinajstić information content (AvgIpc) is 2.03. The molecule has 1 aromatic heterocycles. The zero-order chi connectivity index (χ0) is 10.0. The van der Waals surface area contributed by atoms with Gasteiger partial charge in [0.05, 0.1) is 5.69 Å². The van der Waals surface area contributed by atoms with E-state index in [1.54, 1.807) is 6.92 Å². The van der Waals surface area contributed by atoms with Crippen LogP contribution in [0.25, 0.3) is 0 Å². The van der Waals surface area contributed by atoms with Crippen molar-refractivity contribution in [3.63, 3.8) is 0 Å². The van der Waals surface area contributed by atoms with Crippen molar-refractivity contribution >= 4 is 5.82 Å². The van der Waals surface area contributed by atoms with Gasteiger partial charge in [0.2, 0.25) is 0 Å². The van der Waals surface area contributed by atoms with Crippen LogP contribution in [0.3, 0.4) is 0 Å². The molecule has 0 aromatic carbocycles. The highest BCUT2D eigenvalue weighted by Crippen LogP contribution is 2.16. The zero-order valence-corrected chi connectivity index (χ0v) is 8.00. The van der Waals surface area contributed by atoms with Crippen LogP contribution >= 0.6 is 0 Å². The van der Waals surface area contributed by atoms with E-state index in [0.29, 0.717) is 17.1 Å². The van der Waals surface area contributed by atoms with Gasteiger partial charge in [0, 0.05) is 5.92 Å². The van der Waals surface area contributed by atoms with E-state index in [0.717, 1.165) is 0 Å². The number of hydrogen-bond acceptors (Lipinski definition) is 4. The summed E-state index contributed by atoms with van der Waals surface area (Å²) in [5.74, 6) is 1.20. The van der Waals surface area contributed by atoms with Gasteiger partial charge in [0.1, 0.15) is 23.3 Å². The second-order valence-corrected chi connectivity index (χ2v) is 3.19. The maximum atomic E-state index is 8.72. The highest BCUT2D eigenvalue weighted by molar-refractivity contribution is 5.50. The van der Waals surface area contributed by atoms with Crippen molar-refractivity contribution < 1.29 is 0 Å². The molecule has 0 aliphatic carbocycles. The third kappa shape index (κ3) is 1.75. The predicted octanol–water partition coefficient (Wildman–Crippen LogP) is 1.36. The number of rotatable bonds is 1. The fourth-order valence-corrected chi connectivity index (χ4v) is 1.01. The van der Waals surface area contributed by atoms with Crippen molar-refractivity contribution in [3.8, 4) is 6.07 Å². The Hall–Kier alpha value is -1.63. The Morgan fingerprint density at radius 1 is 1.38 bits per heavy atom. The Bertz CT molecular complexity index is 339. The normalized spacial score (nSPS) is 10.1. The van der Waals surface area contributed by atoms with E-state index >= 15 is 0 Å². The minimum atomic E-state index is 0.230. The summed E-state index contributed by atoms with van der Waals surface area (Å²) >= 11 is 0. The minimum Gasteiger partial charge on any atom is -0.382 e. The number of nitrogens with zero attached hydrogens (tertiary/aromatic N) is 3. The summed E-state index contributed by atoms with van der Waals surface area (Å²) < 4.78 is 0. The van der Waals surface area contributed by atoms with Gasteiger partial charge >= 0.3 is 0 Å². The lowest BCUT2D eigenvalue weighted by molar-refractivity contribution is 0.768. The molecule has 4 nitrogen and oxygen atoms in total. The molecule has 4 heteroatoms. The number of aromatic nitrogens is 2. The first-order valence-corrected chi connectivity index (χ1v) is 4.10. The van der Waals surface area contributed by atoms with Crippen molar-refractivity contribution in [2.45, 2.75) is 26.7 Å². The molecule has 68 valence electrons. The summed E-state index contributed by atoms with van der Waals surface area (Å²) in [6, 6.07) is 1.98. The van der Waals surface area contributed by atoms with Gasteiger partial charge in [-0.3, -0.25) is 0 Å². The second-order valence-electron chi connectivity index (χ2n) is 3.19. The van der Waals surface area contributed by atoms with Crippen LogP contribution in [0.4, 0.5) is 5.82 Å². The van der Waals surface area contributed by atoms with Crippen molar-refractivity contribution in [2.75, 3.05) is 5.73 Å². The lowest BCUT2D eigenvalue weighted by atomic mass is 10.2. The molecule has 1 aromatic rings. The van der Waals surface area contributed by atoms with Crippen LogP contribution in [-0.4, -0.2) is 9.97 Å². The summed E-state index contributed by atoms with van der Waals surface area (Å²) in [5.41, 5.74) is 6.63. The summed E-state index contributed by atoms with van der Waals surface area (Å²) in [7, 11) is 0. The van der Waals surface area contributed by atoms with Crippen molar-refractivity contribution in [1.29, 1.82) is 5.26 Å². The average molecular weight is 176 g/mol. The Kier molecular flexibility index (Phi) is 2.47. The number of aryl methyl sites for hydroxylation is 1. The van der Waals surface area contributed by atoms with E-state index in [4.69, 9.17) is 11.0 Å². The van der Waals surface area contributed by atoms with Crippen LogP contribution in [0.1, 0.15) is 36.8 Å². The first kappa shape index (κ1) is 9.46. The van der Waals surface area contributed by atoms with Crippen molar-refractivity contribution in [2.24, 2.45) is 0 Å². The van der Waals surface area contributed by atoms with Crippen LogP contribution in [-0.2, 0) is 0 Å². The van der Waals surface area contributed by atoms with E-state index in [-0.39, 0.29) is 11.7 Å². The molecule has 0 radical (unpaired) electrons. The molecule has 13 heavy (non-hydrogen) atoms. The summed E-state index contributed by atoms with van der Waals surface area (Å²) in [6.07, 6.45) is 0. The molecule has 0 aliphatic rings. The molecule has 0 atom stereocenters. The molecule has 0 saturated heterocycles.